The second-order valence-electron chi connectivity index (χ2n) is 6.52. The Morgan fingerprint density at radius 2 is 2.11 bits per heavy atom. The SMILES string of the molecule is CN=C(NCc1cccc([N+](=O)[O-])c1)N1CCN(Cc2cc(C)on2)CC1. The van der Waals surface area contributed by atoms with Gasteiger partial charge >= 0.3 is 0 Å². The van der Waals surface area contributed by atoms with Gasteiger partial charge in [0.2, 0.25) is 0 Å². The highest BCUT2D eigenvalue weighted by Gasteiger charge is 2.20. The zero-order valence-corrected chi connectivity index (χ0v) is 15.6. The molecule has 3 rings (SSSR count). The zero-order chi connectivity index (χ0) is 19.2. The minimum absolute atomic E-state index is 0.0981. The van der Waals surface area contributed by atoms with Gasteiger partial charge in [-0.3, -0.25) is 20.0 Å². The maximum absolute atomic E-state index is 10.9. The Morgan fingerprint density at radius 3 is 2.74 bits per heavy atom. The van der Waals surface area contributed by atoms with Crippen LogP contribution in [0.15, 0.2) is 39.8 Å². The third kappa shape index (κ3) is 5.04. The molecule has 0 spiro atoms. The molecule has 1 aromatic heterocycles. The van der Waals surface area contributed by atoms with E-state index < -0.39 is 0 Å². The molecule has 1 aliphatic rings. The summed E-state index contributed by atoms with van der Waals surface area (Å²) in [7, 11) is 1.75. The highest BCUT2D eigenvalue weighted by Crippen LogP contribution is 2.13. The van der Waals surface area contributed by atoms with Crippen LogP contribution in [-0.4, -0.2) is 59.1 Å². The van der Waals surface area contributed by atoms with Crippen molar-refractivity contribution in [1.82, 2.24) is 20.3 Å². The zero-order valence-electron chi connectivity index (χ0n) is 15.6. The molecule has 0 radical (unpaired) electrons. The van der Waals surface area contributed by atoms with Gasteiger partial charge in [0, 0.05) is 64.5 Å². The molecule has 144 valence electrons. The number of guanidine groups is 1. The number of aliphatic imine (C=N–C) groups is 1. The predicted molar refractivity (Wildman–Crippen MR) is 101 cm³/mol. The molecule has 1 aromatic carbocycles. The van der Waals surface area contributed by atoms with Crippen molar-refractivity contribution in [3.8, 4) is 0 Å². The summed E-state index contributed by atoms with van der Waals surface area (Å²) in [6, 6.07) is 8.60. The summed E-state index contributed by atoms with van der Waals surface area (Å²) in [4.78, 5) is 19.4. The number of nitrogens with one attached hydrogen (secondary N) is 1. The van der Waals surface area contributed by atoms with Gasteiger partial charge in [0.15, 0.2) is 5.96 Å². The molecule has 1 saturated heterocycles. The molecule has 0 aliphatic carbocycles. The van der Waals surface area contributed by atoms with Crippen LogP contribution in [0, 0.1) is 17.0 Å². The van der Waals surface area contributed by atoms with Crippen LogP contribution in [-0.2, 0) is 13.1 Å². The van der Waals surface area contributed by atoms with Gasteiger partial charge in [-0.25, -0.2) is 0 Å². The summed E-state index contributed by atoms with van der Waals surface area (Å²) >= 11 is 0. The lowest BCUT2D eigenvalue weighted by Gasteiger charge is -2.36. The summed E-state index contributed by atoms with van der Waals surface area (Å²) in [5.41, 5.74) is 1.90. The van der Waals surface area contributed by atoms with E-state index in [-0.39, 0.29) is 10.6 Å². The lowest BCUT2D eigenvalue weighted by Crippen LogP contribution is -2.52. The average molecular weight is 372 g/mol. The average Bonchev–Trinajstić information content (AvgIpc) is 3.08. The number of nitrogens with zero attached hydrogens (tertiary/aromatic N) is 5. The highest BCUT2D eigenvalue weighted by atomic mass is 16.6. The molecule has 0 bridgehead atoms. The summed E-state index contributed by atoms with van der Waals surface area (Å²) in [6.07, 6.45) is 0. The third-order valence-corrected chi connectivity index (χ3v) is 4.52. The molecule has 0 amide bonds. The lowest BCUT2D eigenvalue weighted by atomic mass is 10.2. The van der Waals surface area contributed by atoms with Gasteiger partial charge < -0.3 is 14.7 Å². The fourth-order valence-corrected chi connectivity index (χ4v) is 3.13. The number of benzene rings is 1. The van der Waals surface area contributed by atoms with Crippen LogP contribution in [0.5, 0.6) is 0 Å². The van der Waals surface area contributed by atoms with Crippen LogP contribution < -0.4 is 5.32 Å². The first kappa shape index (κ1) is 18.8. The Morgan fingerprint density at radius 1 is 1.33 bits per heavy atom. The van der Waals surface area contributed by atoms with Crippen LogP contribution >= 0.6 is 0 Å². The molecule has 1 aliphatic heterocycles. The number of hydrogen-bond donors (Lipinski definition) is 1. The smallest absolute Gasteiger partial charge is 0.269 e. The third-order valence-electron chi connectivity index (χ3n) is 4.52. The molecule has 9 nitrogen and oxygen atoms in total. The maximum Gasteiger partial charge on any atom is 0.269 e. The minimum Gasteiger partial charge on any atom is -0.361 e. The predicted octanol–water partition coefficient (Wildman–Crippen LogP) is 1.78. The Bertz CT molecular complexity index is 811. The molecule has 2 aromatic rings. The molecule has 9 heteroatoms. The summed E-state index contributed by atoms with van der Waals surface area (Å²) in [6.45, 7) is 6.69. The second-order valence-corrected chi connectivity index (χ2v) is 6.52. The molecule has 27 heavy (non-hydrogen) atoms. The normalized spacial score (nSPS) is 15.8. The van der Waals surface area contributed by atoms with Crippen molar-refractivity contribution < 1.29 is 9.45 Å². The van der Waals surface area contributed by atoms with Crippen LogP contribution in [0.1, 0.15) is 17.0 Å². The van der Waals surface area contributed by atoms with Gasteiger partial charge in [0.05, 0.1) is 10.6 Å². The van der Waals surface area contributed by atoms with Gasteiger partial charge in [0.25, 0.3) is 5.69 Å². The Hall–Kier alpha value is -2.94. The maximum atomic E-state index is 10.9. The lowest BCUT2D eigenvalue weighted by molar-refractivity contribution is -0.384. The van der Waals surface area contributed by atoms with Crippen molar-refractivity contribution in [2.24, 2.45) is 4.99 Å². The number of aryl methyl sites for hydroxylation is 1. The molecule has 2 heterocycles. The van der Waals surface area contributed by atoms with E-state index in [1.165, 1.54) is 6.07 Å². The Labute approximate surface area is 157 Å². The molecule has 1 fully saturated rings. The van der Waals surface area contributed by atoms with Gasteiger partial charge in [-0.15, -0.1) is 0 Å². The standard InChI is InChI=1S/C18H24N6O3/c1-14-10-16(21-27-14)13-22-6-8-23(9-7-22)18(19-2)20-12-15-4-3-5-17(11-15)24(25)26/h3-5,10-11H,6-9,12-13H2,1-2H3,(H,19,20). The highest BCUT2D eigenvalue weighted by molar-refractivity contribution is 5.80. The van der Waals surface area contributed by atoms with Crippen molar-refractivity contribution in [3.05, 3.63) is 57.5 Å². The molecule has 0 atom stereocenters. The van der Waals surface area contributed by atoms with E-state index in [2.05, 4.69) is 25.3 Å². The van der Waals surface area contributed by atoms with E-state index in [0.29, 0.717) is 6.54 Å². The fraction of sp³-hybridized carbons (Fsp3) is 0.444. The topological polar surface area (TPSA) is 100 Å². The van der Waals surface area contributed by atoms with Crippen molar-refractivity contribution in [1.29, 1.82) is 0 Å². The van der Waals surface area contributed by atoms with Crippen molar-refractivity contribution in [2.75, 3.05) is 33.2 Å². The number of aromatic nitrogens is 1. The number of non-ortho nitro benzene ring substituents is 1. The largest absolute Gasteiger partial charge is 0.361 e. The first-order chi connectivity index (χ1) is 13.0. The summed E-state index contributed by atoms with van der Waals surface area (Å²) in [5.74, 6) is 1.63. The van der Waals surface area contributed by atoms with Gasteiger partial charge in [-0.2, -0.15) is 0 Å². The number of nitro benzene ring substituents is 1. The van der Waals surface area contributed by atoms with E-state index in [9.17, 15) is 10.1 Å². The molecular formula is C18H24N6O3. The van der Waals surface area contributed by atoms with Gasteiger partial charge in [-0.1, -0.05) is 17.3 Å². The summed E-state index contributed by atoms with van der Waals surface area (Å²) < 4.78 is 5.12. The van der Waals surface area contributed by atoms with E-state index in [1.807, 2.05) is 19.1 Å². The number of piperazine rings is 1. The number of rotatable bonds is 5. The van der Waals surface area contributed by atoms with E-state index in [1.54, 1.807) is 19.2 Å². The van der Waals surface area contributed by atoms with Crippen molar-refractivity contribution in [3.63, 3.8) is 0 Å². The molecular weight excluding hydrogens is 348 g/mol. The van der Waals surface area contributed by atoms with Crippen LogP contribution in [0.4, 0.5) is 5.69 Å². The van der Waals surface area contributed by atoms with E-state index in [4.69, 9.17) is 4.52 Å². The van der Waals surface area contributed by atoms with E-state index >= 15 is 0 Å². The van der Waals surface area contributed by atoms with Crippen LogP contribution in [0.3, 0.4) is 0 Å². The Kier molecular flexibility index (Phi) is 6.02. The quantitative estimate of drug-likeness (QED) is 0.370. The minimum atomic E-state index is -0.381. The first-order valence-electron chi connectivity index (χ1n) is 8.88. The van der Waals surface area contributed by atoms with Crippen molar-refractivity contribution >= 4 is 11.6 Å². The Balaban J connectivity index is 1.50. The fourth-order valence-electron chi connectivity index (χ4n) is 3.13. The first-order valence-corrected chi connectivity index (χ1v) is 8.88. The number of hydrogen-bond acceptors (Lipinski definition) is 6. The van der Waals surface area contributed by atoms with Gasteiger partial charge in [0.1, 0.15) is 5.76 Å². The van der Waals surface area contributed by atoms with Crippen molar-refractivity contribution in [2.45, 2.75) is 20.0 Å². The summed E-state index contributed by atoms with van der Waals surface area (Å²) in [5, 5.41) is 18.2. The number of nitro groups is 1. The van der Waals surface area contributed by atoms with Crippen LogP contribution in [0.2, 0.25) is 0 Å². The molecule has 0 saturated carbocycles. The second kappa shape index (κ2) is 8.63. The van der Waals surface area contributed by atoms with Gasteiger partial charge in [-0.05, 0) is 12.5 Å². The molecule has 1 N–H and O–H groups in total. The van der Waals surface area contributed by atoms with E-state index in [0.717, 1.165) is 55.7 Å². The van der Waals surface area contributed by atoms with Crippen LogP contribution in [0.25, 0.3) is 0 Å². The monoisotopic (exact) mass is 372 g/mol. The molecule has 0 unspecified atom stereocenters.